The van der Waals surface area contributed by atoms with Crippen molar-refractivity contribution in [1.29, 1.82) is 0 Å². The van der Waals surface area contributed by atoms with Gasteiger partial charge in [-0.25, -0.2) is 0 Å². The Morgan fingerprint density at radius 2 is 1.95 bits per heavy atom. The molecule has 0 aromatic heterocycles. The van der Waals surface area contributed by atoms with Gasteiger partial charge in [-0.15, -0.1) is 0 Å². The minimum absolute atomic E-state index is 0.241. The molecule has 0 saturated carbocycles. The second-order valence-corrected chi connectivity index (χ2v) is 4.47. The molecule has 0 aliphatic carbocycles. The Morgan fingerprint density at radius 3 is 2.55 bits per heavy atom. The molecule has 6 heteroatoms. The average molecular weight is 290 g/mol. The van der Waals surface area contributed by atoms with E-state index >= 15 is 0 Å². The summed E-state index contributed by atoms with van der Waals surface area (Å²) in [5.74, 6) is 0.713. The molecule has 20 heavy (non-hydrogen) atoms. The highest BCUT2D eigenvalue weighted by molar-refractivity contribution is 5.33. The van der Waals surface area contributed by atoms with E-state index in [-0.39, 0.29) is 13.2 Å². The maximum absolute atomic E-state index is 12.3. The molecule has 0 saturated heterocycles. The minimum atomic E-state index is -4.17. The zero-order chi connectivity index (χ0) is 15.0. The number of nitrogens with zero attached hydrogens (tertiary/aromatic N) is 1. The van der Waals surface area contributed by atoms with Crippen LogP contribution in [-0.4, -0.2) is 44.4 Å². The monoisotopic (exact) mass is 290 g/mol. The van der Waals surface area contributed by atoms with Crippen LogP contribution in [0.1, 0.15) is 12.5 Å². The third-order valence-electron chi connectivity index (χ3n) is 2.86. The lowest BCUT2D eigenvalue weighted by molar-refractivity contribution is -0.146. The summed E-state index contributed by atoms with van der Waals surface area (Å²) >= 11 is 0. The van der Waals surface area contributed by atoms with Crippen molar-refractivity contribution >= 4 is 0 Å². The zero-order valence-corrected chi connectivity index (χ0v) is 11.8. The molecule has 1 rings (SSSR count). The van der Waals surface area contributed by atoms with E-state index < -0.39 is 12.7 Å². The fraction of sp³-hybridized carbons (Fsp3) is 0.571. The summed E-state index contributed by atoms with van der Waals surface area (Å²) in [5, 5.41) is 3.03. The maximum atomic E-state index is 12.3. The van der Waals surface area contributed by atoms with Gasteiger partial charge in [0.15, 0.2) is 0 Å². The number of ether oxygens (including phenoxy) is 1. The van der Waals surface area contributed by atoms with Crippen LogP contribution in [-0.2, 0) is 6.54 Å². The van der Waals surface area contributed by atoms with Gasteiger partial charge < -0.3 is 10.1 Å². The molecule has 0 radical (unpaired) electrons. The number of alkyl halides is 3. The van der Waals surface area contributed by atoms with E-state index in [1.807, 2.05) is 31.3 Å². The second-order valence-electron chi connectivity index (χ2n) is 4.47. The van der Waals surface area contributed by atoms with Crippen molar-refractivity contribution in [2.45, 2.75) is 19.6 Å². The Kier molecular flexibility index (Phi) is 6.81. The summed E-state index contributed by atoms with van der Waals surface area (Å²) in [6.07, 6.45) is -4.17. The third kappa shape index (κ3) is 6.25. The smallest absolute Gasteiger partial charge is 0.401 e. The lowest BCUT2D eigenvalue weighted by Gasteiger charge is -2.22. The number of nitrogens with one attached hydrogen (secondary N) is 1. The van der Waals surface area contributed by atoms with Crippen LogP contribution < -0.4 is 10.1 Å². The first kappa shape index (κ1) is 16.8. The molecule has 0 amide bonds. The van der Waals surface area contributed by atoms with Crippen LogP contribution in [0, 0.1) is 0 Å². The number of para-hydroxylation sites is 1. The van der Waals surface area contributed by atoms with Crippen molar-refractivity contribution < 1.29 is 17.9 Å². The third-order valence-corrected chi connectivity index (χ3v) is 2.86. The molecule has 0 aliphatic heterocycles. The quantitative estimate of drug-likeness (QED) is 0.796. The highest BCUT2D eigenvalue weighted by atomic mass is 19.4. The summed E-state index contributed by atoms with van der Waals surface area (Å²) in [4.78, 5) is 1.32. The lowest BCUT2D eigenvalue weighted by atomic mass is 10.2. The summed E-state index contributed by atoms with van der Waals surface area (Å²) in [6.45, 7) is 2.32. The van der Waals surface area contributed by atoms with Gasteiger partial charge in [0.05, 0.1) is 6.54 Å². The molecule has 0 fully saturated rings. The molecule has 1 N–H and O–H groups in total. The predicted octanol–water partition coefficient (Wildman–Crippen LogP) is 2.67. The van der Waals surface area contributed by atoms with E-state index in [4.69, 9.17) is 4.74 Å². The van der Waals surface area contributed by atoms with Crippen LogP contribution in [0.3, 0.4) is 0 Å². The molecule has 0 spiro atoms. The molecule has 1 aromatic carbocycles. The zero-order valence-electron chi connectivity index (χ0n) is 11.8. The predicted molar refractivity (Wildman–Crippen MR) is 72.9 cm³/mol. The van der Waals surface area contributed by atoms with Crippen LogP contribution in [0.25, 0.3) is 0 Å². The van der Waals surface area contributed by atoms with Crippen molar-refractivity contribution in [2.24, 2.45) is 0 Å². The van der Waals surface area contributed by atoms with Gasteiger partial charge in [-0.2, -0.15) is 13.2 Å². The average Bonchev–Trinajstić information content (AvgIpc) is 2.38. The van der Waals surface area contributed by atoms with Gasteiger partial charge in [0, 0.05) is 18.7 Å². The minimum Gasteiger partial charge on any atom is -0.492 e. The molecule has 0 bridgehead atoms. The Morgan fingerprint density at radius 1 is 1.25 bits per heavy atom. The summed E-state index contributed by atoms with van der Waals surface area (Å²) < 4.78 is 42.5. The van der Waals surface area contributed by atoms with Crippen molar-refractivity contribution in [3.8, 4) is 5.75 Å². The molecule has 1 aromatic rings. The number of benzene rings is 1. The summed E-state index contributed by atoms with van der Waals surface area (Å²) in [5.41, 5.74) is 0.994. The molecule has 3 nitrogen and oxygen atoms in total. The van der Waals surface area contributed by atoms with Crippen LogP contribution in [0.15, 0.2) is 24.3 Å². The van der Waals surface area contributed by atoms with Gasteiger partial charge in [0.25, 0.3) is 0 Å². The first-order valence-electron chi connectivity index (χ1n) is 6.60. The SMILES string of the molecule is CCN(CCOc1ccccc1CNC)CC(F)(F)F. The van der Waals surface area contributed by atoms with Crippen LogP contribution in [0.4, 0.5) is 13.2 Å². The highest BCUT2D eigenvalue weighted by Crippen LogP contribution is 2.18. The Labute approximate surface area is 117 Å². The molecule has 0 atom stereocenters. The summed E-state index contributed by atoms with van der Waals surface area (Å²) in [6, 6.07) is 7.51. The molecule has 114 valence electrons. The lowest BCUT2D eigenvalue weighted by Crippen LogP contribution is -2.36. The number of hydrogen-bond donors (Lipinski definition) is 1. The van der Waals surface area contributed by atoms with Gasteiger partial charge in [-0.3, -0.25) is 4.90 Å². The number of halogens is 3. The van der Waals surface area contributed by atoms with E-state index in [9.17, 15) is 13.2 Å². The van der Waals surface area contributed by atoms with Gasteiger partial charge >= 0.3 is 6.18 Å². The largest absolute Gasteiger partial charge is 0.492 e. The Hall–Kier alpha value is -1.27. The van der Waals surface area contributed by atoms with E-state index in [1.54, 1.807) is 6.92 Å². The Balaban J connectivity index is 2.47. The van der Waals surface area contributed by atoms with E-state index in [2.05, 4.69) is 5.32 Å². The fourth-order valence-corrected chi connectivity index (χ4v) is 1.87. The molecule has 0 aliphatic rings. The van der Waals surface area contributed by atoms with E-state index in [1.165, 1.54) is 4.90 Å². The fourth-order valence-electron chi connectivity index (χ4n) is 1.87. The van der Waals surface area contributed by atoms with Crippen molar-refractivity contribution in [3.05, 3.63) is 29.8 Å². The van der Waals surface area contributed by atoms with E-state index in [0.29, 0.717) is 18.8 Å². The van der Waals surface area contributed by atoms with Crippen molar-refractivity contribution in [3.63, 3.8) is 0 Å². The normalized spacial score (nSPS) is 11.9. The number of hydrogen-bond acceptors (Lipinski definition) is 3. The Bertz CT molecular complexity index is 396. The summed E-state index contributed by atoms with van der Waals surface area (Å²) in [7, 11) is 1.83. The molecular formula is C14H21F3N2O. The molecular weight excluding hydrogens is 269 g/mol. The topological polar surface area (TPSA) is 24.5 Å². The van der Waals surface area contributed by atoms with Crippen molar-refractivity contribution in [1.82, 2.24) is 10.2 Å². The first-order valence-corrected chi connectivity index (χ1v) is 6.60. The van der Waals surface area contributed by atoms with Crippen LogP contribution in [0.2, 0.25) is 0 Å². The van der Waals surface area contributed by atoms with Gasteiger partial charge in [0.1, 0.15) is 12.4 Å². The van der Waals surface area contributed by atoms with E-state index in [0.717, 1.165) is 5.56 Å². The molecule has 0 heterocycles. The first-order chi connectivity index (χ1) is 9.46. The van der Waals surface area contributed by atoms with Crippen LogP contribution >= 0.6 is 0 Å². The maximum Gasteiger partial charge on any atom is 0.401 e. The van der Waals surface area contributed by atoms with Gasteiger partial charge in [-0.1, -0.05) is 25.1 Å². The highest BCUT2D eigenvalue weighted by Gasteiger charge is 2.29. The van der Waals surface area contributed by atoms with Crippen LogP contribution in [0.5, 0.6) is 5.75 Å². The number of rotatable bonds is 8. The van der Waals surface area contributed by atoms with Crippen molar-refractivity contribution in [2.75, 3.05) is 33.3 Å². The number of likely N-dealkylation sites (N-methyl/N-ethyl adjacent to an activating group) is 1. The standard InChI is InChI=1S/C14H21F3N2O/c1-3-19(11-14(15,16)17)8-9-20-13-7-5-4-6-12(13)10-18-2/h4-7,18H,3,8-11H2,1-2H3. The van der Waals surface area contributed by atoms with Gasteiger partial charge in [0.2, 0.25) is 0 Å². The molecule has 0 unspecified atom stereocenters. The van der Waals surface area contributed by atoms with Gasteiger partial charge in [-0.05, 0) is 19.7 Å². The second kappa shape index (κ2) is 8.11.